The van der Waals surface area contributed by atoms with Crippen LogP contribution in [0.5, 0.6) is 0 Å². The molecule has 3 nitrogen and oxygen atoms in total. The Hall–Kier alpha value is -1.77. The first-order valence-electron chi connectivity index (χ1n) is 5.03. The molecule has 0 aliphatic carbocycles. The second-order valence-corrected chi connectivity index (χ2v) is 3.54. The number of benzene rings is 1. The molecule has 15 heavy (non-hydrogen) atoms. The third kappa shape index (κ3) is 1.73. The maximum Gasteiger partial charge on any atom is 0.249 e. The average molecular weight is 203 g/mol. The Bertz CT molecular complexity index is 499. The van der Waals surface area contributed by atoms with Crippen LogP contribution in [-0.2, 0) is 6.42 Å². The molecule has 0 spiro atoms. The lowest BCUT2D eigenvalue weighted by atomic mass is 10.1. The van der Waals surface area contributed by atoms with Crippen LogP contribution in [0.2, 0.25) is 0 Å². The summed E-state index contributed by atoms with van der Waals surface area (Å²) in [5.41, 5.74) is 6.54. The van der Waals surface area contributed by atoms with Gasteiger partial charge in [-0.05, 0) is 24.6 Å². The Morgan fingerprint density at radius 3 is 2.93 bits per heavy atom. The quantitative estimate of drug-likeness (QED) is 0.833. The van der Waals surface area contributed by atoms with Crippen LogP contribution in [0.15, 0.2) is 28.7 Å². The topological polar surface area (TPSA) is 56.2 Å². The highest BCUT2D eigenvalue weighted by Crippen LogP contribution is 2.23. The highest BCUT2D eigenvalue weighted by Gasteiger charge is 2.10. The van der Waals surface area contributed by atoms with Gasteiger partial charge in [0.15, 0.2) is 0 Å². The van der Waals surface area contributed by atoms with Crippen molar-refractivity contribution in [3.05, 3.63) is 35.6 Å². The van der Waals surface area contributed by atoms with Crippen molar-refractivity contribution in [2.45, 2.75) is 19.8 Å². The molecule has 0 saturated carbocycles. The third-order valence-corrected chi connectivity index (χ3v) is 2.37. The lowest BCUT2D eigenvalue weighted by Crippen LogP contribution is -2.10. The Morgan fingerprint density at radius 1 is 1.47 bits per heavy atom. The summed E-state index contributed by atoms with van der Waals surface area (Å²) in [5, 5.41) is 0.813. The highest BCUT2D eigenvalue weighted by molar-refractivity contribution is 6.05. The van der Waals surface area contributed by atoms with Crippen LogP contribution < -0.4 is 5.73 Å². The van der Waals surface area contributed by atoms with Crippen molar-refractivity contribution in [3.8, 4) is 0 Å². The number of amides is 1. The van der Waals surface area contributed by atoms with E-state index < -0.39 is 5.91 Å². The molecule has 1 aromatic heterocycles. The first-order valence-corrected chi connectivity index (χ1v) is 5.03. The van der Waals surface area contributed by atoms with E-state index in [-0.39, 0.29) is 0 Å². The van der Waals surface area contributed by atoms with Crippen molar-refractivity contribution < 1.29 is 9.21 Å². The van der Waals surface area contributed by atoms with Gasteiger partial charge in [0.05, 0.1) is 5.56 Å². The predicted molar refractivity (Wildman–Crippen MR) is 58.7 cm³/mol. The van der Waals surface area contributed by atoms with Crippen LogP contribution in [0.4, 0.5) is 0 Å². The first-order chi connectivity index (χ1) is 7.22. The van der Waals surface area contributed by atoms with Gasteiger partial charge in [0.25, 0.3) is 0 Å². The molecule has 78 valence electrons. The molecule has 2 aromatic rings. The first kappa shape index (κ1) is 9.77. The van der Waals surface area contributed by atoms with Gasteiger partial charge in [-0.1, -0.05) is 13.0 Å². The van der Waals surface area contributed by atoms with Crippen molar-refractivity contribution >= 4 is 16.9 Å². The zero-order valence-corrected chi connectivity index (χ0v) is 8.62. The van der Waals surface area contributed by atoms with E-state index in [0.717, 1.165) is 29.6 Å². The van der Waals surface area contributed by atoms with Gasteiger partial charge in [0.1, 0.15) is 11.3 Å². The fraction of sp³-hybridized carbons (Fsp3) is 0.250. The Labute approximate surface area is 87.9 Å². The van der Waals surface area contributed by atoms with Gasteiger partial charge in [-0.3, -0.25) is 4.79 Å². The SMILES string of the molecule is CCCc1cc2c(C(N)=O)cccc2o1. The number of hydrogen-bond acceptors (Lipinski definition) is 2. The molecule has 0 aliphatic rings. The molecule has 1 heterocycles. The summed E-state index contributed by atoms with van der Waals surface area (Å²) in [7, 11) is 0. The molecule has 3 heteroatoms. The van der Waals surface area contributed by atoms with Crippen LogP contribution in [0.25, 0.3) is 11.0 Å². The molecule has 2 rings (SSSR count). The minimum atomic E-state index is -0.413. The minimum absolute atomic E-state index is 0.413. The van der Waals surface area contributed by atoms with E-state index in [2.05, 4.69) is 6.92 Å². The van der Waals surface area contributed by atoms with Gasteiger partial charge >= 0.3 is 0 Å². The van der Waals surface area contributed by atoms with Crippen molar-refractivity contribution in [1.82, 2.24) is 0 Å². The van der Waals surface area contributed by atoms with Gasteiger partial charge in [0.2, 0.25) is 5.91 Å². The largest absolute Gasteiger partial charge is 0.461 e. The number of carbonyl (C=O) groups is 1. The summed E-state index contributed by atoms with van der Waals surface area (Å²) < 4.78 is 5.59. The summed E-state index contributed by atoms with van der Waals surface area (Å²) in [4.78, 5) is 11.2. The van der Waals surface area contributed by atoms with Crippen LogP contribution in [0.1, 0.15) is 29.5 Å². The van der Waals surface area contributed by atoms with Crippen molar-refractivity contribution in [3.63, 3.8) is 0 Å². The number of primary amides is 1. The van der Waals surface area contributed by atoms with Crippen LogP contribution >= 0.6 is 0 Å². The number of fused-ring (bicyclic) bond motifs is 1. The fourth-order valence-electron chi connectivity index (χ4n) is 1.70. The average Bonchev–Trinajstić information content (AvgIpc) is 2.59. The number of aryl methyl sites for hydroxylation is 1. The molecule has 0 aliphatic heterocycles. The van der Waals surface area contributed by atoms with E-state index >= 15 is 0 Å². The maximum atomic E-state index is 11.2. The number of nitrogens with two attached hydrogens (primary N) is 1. The zero-order chi connectivity index (χ0) is 10.8. The van der Waals surface area contributed by atoms with Gasteiger partial charge in [-0.2, -0.15) is 0 Å². The van der Waals surface area contributed by atoms with E-state index in [9.17, 15) is 4.79 Å². The minimum Gasteiger partial charge on any atom is -0.461 e. The van der Waals surface area contributed by atoms with Crippen molar-refractivity contribution in [2.75, 3.05) is 0 Å². The highest BCUT2D eigenvalue weighted by atomic mass is 16.3. The van der Waals surface area contributed by atoms with E-state index in [1.165, 1.54) is 0 Å². The summed E-state index contributed by atoms with van der Waals surface area (Å²) >= 11 is 0. The van der Waals surface area contributed by atoms with Crippen LogP contribution in [0.3, 0.4) is 0 Å². The Morgan fingerprint density at radius 2 is 2.27 bits per heavy atom. The lowest BCUT2D eigenvalue weighted by molar-refractivity contribution is 0.100. The molecule has 0 saturated heterocycles. The third-order valence-electron chi connectivity index (χ3n) is 2.37. The Balaban J connectivity index is 2.59. The summed E-state index contributed by atoms with van der Waals surface area (Å²) in [5.74, 6) is 0.491. The molecule has 0 bridgehead atoms. The molecule has 1 amide bonds. The predicted octanol–water partition coefficient (Wildman–Crippen LogP) is 2.48. The van der Waals surface area contributed by atoms with Gasteiger partial charge in [0, 0.05) is 11.8 Å². The smallest absolute Gasteiger partial charge is 0.249 e. The zero-order valence-electron chi connectivity index (χ0n) is 8.62. The lowest BCUT2D eigenvalue weighted by Gasteiger charge is -1.94. The van der Waals surface area contributed by atoms with E-state index in [0.29, 0.717) is 5.56 Å². The summed E-state index contributed by atoms with van der Waals surface area (Å²) in [6.45, 7) is 2.09. The van der Waals surface area contributed by atoms with Gasteiger partial charge in [-0.25, -0.2) is 0 Å². The van der Waals surface area contributed by atoms with Crippen LogP contribution in [-0.4, -0.2) is 5.91 Å². The molecular weight excluding hydrogens is 190 g/mol. The van der Waals surface area contributed by atoms with E-state index in [1.807, 2.05) is 12.1 Å². The molecule has 0 unspecified atom stereocenters. The van der Waals surface area contributed by atoms with Crippen molar-refractivity contribution in [1.29, 1.82) is 0 Å². The second kappa shape index (κ2) is 3.77. The second-order valence-electron chi connectivity index (χ2n) is 3.54. The number of carbonyl (C=O) groups excluding carboxylic acids is 1. The molecular formula is C12H13NO2. The van der Waals surface area contributed by atoms with E-state index in [4.69, 9.17) is 10.2 Å². The number of furan rings is 1. The van der Waals surface area contributed by atoms with Crippen LogP contribution in [0, 0.1) is 0 Å². The standard InChI is InChI=1S/C12H13NO2/c1-2-4-8-7-10-9(12(13)14)5-3-6-11(10)15-8/h3,5-7H,2,4H2,1H3,(H2,13,14). The maximum absolute atomic E-state index is 11.2. The molecule has 0 fully saturated rings. The normalized spacial score (nSPS) is 10.7. The monoisotopic (exact) mass is 203 g/mol. The fourth-order valence-corrected chi connectivity index (χ4v) is 1.70. The van der Waals surface area contributed by atoms with Gasteiger partial charge in [-0.15, -0.1) is 0 Å². The summed E-state index contributed by atoms with van der Waals surface area (Å²) in [6.07, 6.45) is 1.90. The molecule has 0 radical (unpaired) electrons. The van der Waals surface area contributed by atoms with Gasteiger partial charge < -0.3 is 10.2 Å². The number of hydrogen-bond donors (Lipinski definition) is 1. The Kier molecular flexibility index (Phi) is 2.46. The molecule has 2 N–H and O–H groups in total. The van der Waals surface area contributed by atoms with Crippen molar-refractivity contribution in [2.24, 2.45) is 5.73 Å². The van der Waals surface area contributed by atoms with E-state index in [1.54, 1.807) is 12.1 Å². The number of rotatable bonds is 3. The summed E-state index contributed by atoms with van der Waals surface area (Å²) in [6, 6.07) is 7.25. The molecule has 1 aromatic carbocycles. The molecule has 0 atom stereocenters.